The van der Waals surface area contributed by atoms with Crippen LogP contribution in [0.5, 0.6) is 11.5 Å². The summed E-state index contributed by atoms with van der Waals surface area (Å²) in [5.41, 5.74) is 6.08. The van der Waals surface area contributed by atoms with E-state index in [1.165, 1.54) is 11.1 Å². The van der Waals surface area contributed by atoms with Crippen molar-refractivity contribution in [2.75, 3.05) is 38.3 Å². The third-order valence-corrected chi connectivity index (χ3v) is 5.40. The molecule has 0 spiro atoms. The number of nitrogens with zero attached hydrogens (tertiary/aromatic N) is 4. The zero-order valence-corrected chi connectivity index (χ0v) is 16.9. The van der Waals surface area contributed by atoms with Crippen LogP contribution in [0, 0.1) is 0 Å². The van der Waals surface area contributed by atoms with Gasteiger partial charge in [0, 0.05) is 32.4 Å². The van der Waals surface area contributed by atoms with Gasteiger partial charge in [0.1, 0.15) is 24.0 Å². The number of carbonyl (C=O) groups is 3. The van der Waals surface area contributed by atoms with E-state index in [4.69, 9.17) is 15.2 Å². The van der Waals surface area contributed by atoms with E-state index < -0.39 is 18.1 Å². The van der Waals surface area contributed by atoms with E-state index in [0.717, 1.165) is 4.68 Å². The van der Waals surface area contributed by atoms with Crippen molar-refractivity contribution in [1.29, 1.82) is 0 Å². The summed E-state index contributed by atoms with van der Waals surface area (Å²) in [6.45, 7) is 0.690. The number of aliphatic hydroxyl groups excluding tert-OH is 1. The SMILES string of the molecule is CN1C(=O)[C@@H](c2ccn(C(N)=O)n2)COc2ccc(OCC(=O)N3CC[C@@H](O)C3)cc21. The Kier molecular flexibility index (Phi) is 5.51. The molecule has 1 fully saturated rings. The monoisotopic (exact) mass is 429 g/mol. The summed E-state index contributed by atoms with van der Waals surface area (Å²) in [6.07, 6.45) is 1.47. The summed E-state index contributed by atoms with van der Waals surface area (Å²) in [6, 6.07) is 5.76. The fraction of sp³-hybridized carbons (Fsp3) is 0.400. The van der Waals surface area contributed by atoms with Gasteiger partial charge in [-0.3, -0.25) is 9.59 Å². The largest absolute Gasteiger partial charge is 0.490 e. The number of likely N-dealkylation sites (tertiary alicyclic amines) is 1. The number of likely N-dealkylation sites (N-methyl/N-ethyl adjacent to an activating group) is 1. The minimum Gasteiger partial charge on any atom is -0.490 e. The first kappa shape index (κ1) is 20.7. The first-order valence-electron chi connectivity index (χ1n) is 9.82. The average molecular weight is 429 g/mol. The molecule has 2 atom stereocenters. The molecule has 11 nitrogen and oxygen atoms in total. The molecular formula is C20H23N5O6. The normalized spacial score (nSPS) is 20.8. The summed E-state index contributed by atoms with van der Waals surface area (Å²) in [5.74, 6) is -0.309. The molecule has 164 valence electrons. The van der Waals surface area contributed by atoms with Gasteiger partial charge < -0.3 is 30.1 Å². The number of aromatic nitrogens is 2. The molecule has 2 aromatic rings. The summed E-state index contributed by atoms with van der Waals surface area (Å²) in [7, 11) is 1.61. The predicted octanol–water partition coefficient (Wildman–Crippen LogP) is -0.0791. The van der Waals surface area contributed by atoms with E-state index in [1.807, 2.05) is 0 Å². The van der Waals surface area contributed by atoms with Crippen molar-refractivity contribution in [2.24, 2.45) is 5.73 Å². The van der Waals surface area contributed by atoms with Crippen LogP contribution in [0.15, 0.2) is 30.5 Å². The molecule has 3 amide bonds. The average Bonchev–Trinajstić information content (AvgIpc) is 3.39. The van der Waals surface area contributed by atoms with E-state index in [0.29, 0.717) is 42.4 Å². The lowest BCUT2D eigenvalue weighted by Crippen LogP contribution is -2.33. The maximum Gasteiger partial charge on any atom is 0.339 e. The number of anilines is 1. The quantitative estimate of drug-likeness (QED) is 0.693. The van der Waals surface area contributed by atoms with Crippen molar-refractivity contribution >= 4 is 23.5 Å². The number of amides is 3. The van der Waals surface area contributed by atoms with Gasteiger partial charge in [-0.25, -0.2) is 4.79 Å². The molecule has 0 aliphatic carbocycles. The number of fused-ring (bicyclic) bond motifs is 1. The number of aliphatic hydroxyl groups is 1. The summed E-state index contributed by atoms with van der Waals surface area (Å²) >= 11 is 0. The summed E-state index contributed by atoms with van der Waals surface area (Å²) < 4.78 is 12.4. The molecule has 0 saturated carbocycles. The third-order valence-electron chi connectivity index (χ3n) is 5.40. The molecule has 3 heterocycles. The Morgan fingerprint density at radius 1 is 1.35 bits per heavy atom. The number of nitrogens with two attached hydrogens (primary N) is 1. The van der Waals surface area contributed by atoms with E-state index in [9.17, 15) is 19.5 Å². The van der Waals surface area contributed by atoms with E-state index in [1.54, 1.807) is 36.2 Å². The molecule has 0 radical (unpaired) electrons. The highest BCUT2D eigenvalue weighted by atomic mass is 16.5. The van der Waals surface area contributed by atoms with E-state index in [2.05, 4.69) is 5.10 Å². The Morgan fingerprint density at radius 2 is 2.16 bits per heavy atom. The van der Waals surface area contributed by atoms with E-state index >= 15 is 0 Å². The van der Waals surface area contributed by atoms with E-state index in [-0.39, 0.29) is 25.0 Å². The number of primary amides is 1. The third kappa shape index (κ3) is 4.17. The number of hydrogen-bond donors (Lipinski definition) is 2. The molecule has 0 unspecified atom stereocenters. The lowest BCUT2D eigenvalue weighted by atomic mass is 10.1. The number of ether oxygens (including phenoxy) is 2. The van der Waals surface area contributed by atoms with Crippen LogP contribution in [0.2, 0.25) is 0 Å². The van der Waals surface area contributed by atoms with Crippen LogP contribution < -0.4 is 20.1 Å². The van der Waals surface area contributed by atoms with Crippen molar-refractivity contribution in [2.45, 2.75) is 18.4 Å². The van der Waals surface area contributed by atoms with Gasteiger partial charge in [-0.1, -0.05) is 0 Å². The number of benzene rings is 1. The molecule has 2 aliphatic rings. The van der Waals surface area contributed by atoms with Gasteiger partial charge in [0.25, 0.3) is 5.91 Å². The Balaban J connectivity index is 1.47. The van der Waals surface area contributed by atoms with Gasteiger partial charge in [-0.15, -0.1) is 0 Å². The standard InChI is InChI=1S/C20H23N5O6/c1-23-16-8-13(30-11-18(27)24-6-4-12(26)9-24)2-3-17(16)31-10-14(19(23)28)15-5-7-25(22-15)20(21)29/h2-3,5,7-8,12,14,26H,4,6,9-11H2,1H3,(H2,21,29)/t12-,14-/m1/s1. The fourth-order valence-electron chi connectivity index (χ4n) is 3.63. The second-order valence-corrected chi connectivity index (χ2v) is 7.48. The Morgan fingerprint density at radius 3 is 2.84 bits per heavy atom. The predicted molar refractivity (Wildman–Crippen MR) is 108 cm³/mol. The number of rotatable bonds is 4. The molecule has 11 heteroatoms. The van der Waals surface area contributed by atoms with Gasteiger partial charge in [0.2, 0.25) is 5.91 Å². The zero-order chi connectivity index (χ0) is 22.1. The lowest BCUT2D eigenvalue weighted by molar-refractivity contribution is -0.132. The van der Waals surface area contributed by atoms with Crippen LogP contribution in [0.3, 0.4) is 0 Å². The topological polar surface area (TPSA) is 140 Å². The lowest BCUT2D eigenvalue weighted by Gasteiger charge is -2.20. The summed E-state index contributed by atoms with van der Waals surface area (Å²) in [4.78, 5) is 39.5. The molecular weight excluding hydrogens is 406 g/mol. The number of hydrogen-bond acceptors (Lipinski definition) is 7. The van der Waals surface area contributed by atoms with Crippen LogP contribution in [-0.4, -0.2) is 77.1 Å². The molecule has 4 rings (SSSR count). The van der Waals surface area contributed by atoms with Crippen LogP contribution in [0.1, 0.15) is 18.0 Å². The highest BCUT2D eigenvalue weighted by Gasteiger charge is 2.33. The van der Waals surface area contributed by atoms with Gasteiger partial charge in [-0.2, -0.15) is 9.78 Å². The highest BCUT2D eigenvalue weighted by Crippen LogP contribution is 2.36. The molecule has 2 aliphatic heterocycles. The second-order valence-electron chi connectivity index (χ2n) is 7.48. The van der Waals surface area contributed by atoms with Crippen LogP contribution >= 0.6 is 0 Å². The van der Waals surface area contributed by atoms with Crippen molar-refractivity contribution in [3.8, 4) is 11.5 Å². The van der Waals surface area contributed by atoms with Crippen LogP contribution in [0.25, 0.3) is 0 Å². The van der Waals surface area contributed by atoms with Gasteiger partial charge in [-0.05, 0) is 24.6 Å². The van der Waals surface area contributed by atoms with Crippen molar-refractivity contribution in [3.05, 3.63) is 36.2 Å². The van der Waals surface area contributed by atoms with Crippen LogP contribution in [0.4, 0.5) is 10.5 Å². The number of carbonyl (C=O) groups excluding carboxylic acids is 3. The molecule has 1 aromatic heterocycles. The maximum absolute atomic E-state index is 13.0. The molecule has 1 aromatic carbocycles. The minimum atomic E-state index is -0.746. The second kappa shape index (κ2) is 8.26. The minimum absolute atomic E-state index is 0.0436. The fourth-order valence-corrected chi connectivity index (χ4v) is 3.63. The first-order chi connectivity index (χ1) is 14.8. The Hall–Kier alpha value is -3.60. The zero-order valence-electron chi connectivity index (χ0n) is 16.9. The molecule has 0 bridgehead atoms. The number of β-amino-alcohol motifs (C(OH)–C–C–N with tert-alkyl or cyclic N) is 1. The van der Waals surface area contributed by atoms with Crippen LogP contribution in [-0.2, 0) is 9.59 Å². The first-order valence-corrected chi connectivity index (χ1v) is 9.82. The highest BCUT2D eigenvalue weighted by molar-refractivity contribution is 5.99. The maximum atomic E-state index is 13.0. The van der Waals surface area contributed by atoms with Gasteiger partial charge in [0.05, 0.1) is 17.5 Å². The van der Waals surface area contributed by atoms with Crippen molar-refractivity contribution in [3.63, 3.8) is 0 Å². The van der Waals surface area contributed by atoms with Crippen molar-refractivity contribution in [1.82, 2.24) is 14.7 Å². The summed E-state index contributed by atoms with van der Waals surface area (Å²) in [5, 5.41) is 13.6. The Labute approximate surface area is 177 Å². The smallest absolute Gasteiger partial charge is 0.339 e. The molecule has 31 heavy (non-hydrogen) atoms. The Bertz CT molecular complexity index is 1020. The molecule has 3 N–H and O–H groups in total. The molecule has 1 saturated heterocycles. The van der Waals surface area contributed by atoms with Gasteiger partial charge in [0.15, 0.2) is 6.61 Å². The van der Waals surface area contributed by atoms with Crippen molar-refractivity contribution < 1.29 is 29.0 Å². The van der Waals surface area contributed by atoms with Gasteiger partial charge >= 0.3 is 6.03 Å².